The Morgan fingerprint density at radius 1 is 1.06 bits per heavy atom. The van der Waals surface area contributed by atoms with Crippen LogP contribution in [0.5, 0.6) is 0 Å². The molecule has 0 unspecified atom stereocenters. The molecular formula is C15H14BrNO. The Kier molecular flexibility index (Phi) is 4.53. The Morgan fingerprint density at radius 2 is 1.72 bits per heavy atom. The molecule has 0 amide bonds. The molecule has 92 valence electrons. The lowest BCUT2D eigenvalue weighted by atomic mass is 10.1. The number of hydrogen-bond acceptors (Lipinski definition) is 2. The van der Waals surface area contributed by atoms with Gasteiger partial charge in [-0.05, 0) is 18.6 Å². The van der Waals surface area contributed by atoms with Crippen molar-refractivity contribution in [3.05, 3.63) is 70.2 Å². The summed E-state index contributed by atoms with van der Waals surface area (Å²) in [7, 11) is 0. The number of rotatable bonds is 4. The maximum atomic E-state index is 5.36. The van der Waals surface area contributed by atoms with E-state index in [1.165, 1.54) is 0 Å². The van der Waals surface area contributed by atoms with Crippen molar-refractivity contribution in [3.8, 4) is 0 Å². The standard InChI is InChI=1S/C15H14BrNO/c1-12(14-9-5-6-10-15(14)16)17-18-11-13-7-3-2-4-8-13/h2-10H,11H2,1H3/b17-12+. The molecule has 2 aromatic rings. The topological polar surface area (TPSA) is 21.6 Å². The van der Waals surface area contributed by atoms with Crippen LogP contribution in [0.25, 0.3) is 0 Å². The van der Waals surface area contributed by atoms with Crippen LogP contribution in [0.3, 0.4) is 0 Å². The average molecular weight is 304 g/mol. The molecule has 2 rings (SSSR count). The Bertz CT molecular complexity index is 537. The molecule has 0 aliphatic rings. The fourth-order valence-corrected chi connectivity index (χ4v) is 2.15. The lowest BCUT2D eigenvalue weighted by Crippen LogP contribution is -1.97. The molecule has 0 bridgehead atoms. The summed E-state index contributed by atoms with van der Waals surface area (Å²) >= 11 is 3.50. The average Bonchev–Trinajstić information content (AvgIpc) is 2.40. The van der Waals surface area contributed by atoms with E-state index in [0.717, 1.165) is 21.3 Å². The van der Waals surface area contributed by atoms with Crippen molar-refractivity contribution >= 4 is 21.6 Å². The Balaban J connectivity index is 2.00. The summed E-state index contributed by atoms with van der Waals surface area (Å²) < 4.78 is 1.02. The fourth-order valence-electron chi connectivity index (χ4n) is 1.58. The minimum absolute atomic E-state index is 0.489. The zero-order valence-electron chi connectivity index (χ0n) is 10.1. The molecule has 3 heteroatoms. The van der Waals surface area contributed by atoms with Gasteiger partial charge in [0.1, 0.15) is 6.61 Å². The van der Waals surface area contributed by atoms with E-state index in [-0.39, 0.29) is 0 Å². The second-order valence-electron chi connectivity index (χ2n) is 3.92. The lowest BCUT2D eigenvalue weighted by Gasteiger charge is -2.04. The molecule has 18 heavy (non-hydrogen) atoms. The smallest absolute Gasteiger partial charge is 0.142 e. The monoisotopic (exact) mass is 303 g/mol. The van der Waals surface area contributed by atoms with Crippen molar-refractivity contribution in [2.24, 2.45) is 5.16 Å². The SMILES string of the molecule is C/C(=N\OCc1ccccc1)c1ccccc1Br. The summed E-state index contributed by atoms with van der Waals surface area (Å²) in [6, 6.07) is 18.0. The highest BCUT2D eigenvalue weighted by atomic mass is 79.9. The van der Waals surface area contributed by atoms with Gasteiger partial charge in [-0.25, -0.2) is 0 Å². The predicted molar refractivity (Wildman–Crippen MR) is 77.6 cm³/mol. The van der Waals surface area contributed by atoms with Crippen LogP contribution in [0.4, 0.5) is 0 Å². The number of nitrogens with zero attached hydrogens (tertiary/aromatic N) is 1. The number of halogens is 1. The Hall–Kier alpha value is -1.61. The van der Waals surface area contributed by atoms with Crippen molar-refractivity contribution in [2.75, 3.05) is 0 Å². The van der Waals surface area contributed by atoms with Crippen molar-refractivity contribution in [3.63, 3.8) is 0 Å². The first-order chi connectivity index (χ1) is 8.77. The van der Waals surface area contributed by atoms with E-state index >= 15 is 0 Å². The normalized spacial score (nSPS) is 11.3. The van der Waals surface area contributed by atoms with E-state index in [2.05, 4.69) is 21.1 Å². The molecule has 2 aromatic carbocycles. The third kappa shape index (κ3) is 3.44. The maximum absolute atomic E-state index is 5.36. The van der Waals surface area contributed by atoms with Crippen LogP contribution in [0.2, 0.25) is 0 Å². The molecule has 0 saturated carbocycles. The second kappa shape index (κ2) is 6.36. The highest BCUT2D eigenvalue weighted by Gasteiger charge is 2.02. The number of hydrogen-bond donors (Lipinski definition) is 0. The second-order valence-corrected chi connectivity index (χ2v) is 4.77. The summed E-state index contributed by atoms with van der Waals surface area (Å²) in [6.45, 7) is 2.42. The third-order valence-electron chi connectivity index (χ3n) is 2.54. The number of oxime groups is 1. The minimum Gasteiger partial charge on any atom is -0.391 e. The molecule has 0 saturated heterocycles. The molecule has 0 aliphatic heterocycles. The van der Waals surface area contributed by atoms with Gasteiger partial charge in [-0.15, -0.1) is 0 Å². The Labute approximate surface area is 115 Å². The highest BCUT2D eigenvalue weighted by molar-refractivity contribution is 9.10. The molecule has 0 fully saturated rings. The van der Waals surface area contributed by atoms with Crippen LogP contribution in [0.1, 0.15) is 18.1 Å². The van der Waals surface area contributed by atoms with E-state index in [9.17, 15) is 0 Å². The van der Waals surface area contributed by atoms with Crippen LogP contribution in [-0.2, 0) is 11.4 Å². The van der Waals surface area contributed by atoms with Crippen LogP contribution in [0, 0.1) is 0 Å². The first kappa shape index (κ1) is 12.8. The molecule has 0 radical (unpaired) electrons. The zero-order valence-corrected chi connectivity index (χ0v) is 11.7. The van der Waals surface area contributed by atoms with Gasteiger partial charge in [0.15, 0.2) is 0 Å². The van der Waals surface area contributed by atoms with Crippen LogP contribution in [-0.4, -0.2) is 5.71 Å². The predicted octanol–water partition coefficient (Wildman–Crippen LogP) is 4.39. The molecule has 0 heterocycles. The molecule has 0 atom stereocenters. The molecule has 2 nitrogen and oxygen atoms in total. The molecule has 0 N–H and O–H groups in total. The minimum atomic E-state index is 0.489. The highest BCUT2D eigenvalue weighted by Crippen LogP contribution is 2.16. The van der Waals surface area contributed by atoms with E-state index in [0.29, 0.717) is 6.61 Å². The van der Waals surface area contributed by atoms with Gasteiger partial charge in [-0.1, -0.05) is 69.6 Å². The molecular weight excluding hydrogens is 290 g/mol. The molecule has 0 spiro atoms. The van der Waals surface area contributed by atoms with E-state index in [1.807, 2.05) is 61.5 Å². The van der Waals surface area contributed by atoms with Crippen LogP contribution < -0.4 is 0 Å². The van der Waals surface area contributed by atoms with Crippen molar-refractivity contribution in [2.45, 2.75) is 13.5 Å². The van der Waals surface area contributed by atoms with Gasteiger partial charge < -0.3 is 4.84 Å². The van der Waals surface area contributed by atoms with Crippen LogP contribution in [0.15, 0.2) is 64.2 Å². The van der Waals surface area contributed by atoms with Gasteiger partial charge in [0.25, 0.3) is 0 Å². The number of benzene rings is 2. The summed E-state index contributed by atoms with van der Waals surface area (Å²) in [5.41, 5.74) is 3.02. The summed E-state index contributed by atoms with van der Waals surface area (Å²) in [6.07, 6.45) is 0. The Morgan fingerprint density at radius 3 is 2.44 bits per heavy atom. The van der Waals surface area contributed by atoms with Gasteiger partial charge in [0.2, 0.25) is 0 Å². The maximum Gasteiger partial charge on any atom is 0.142 e. The van der Waals surface area contributed by atoms with E-state index < -0.39 is 0 Å². The summed E-state index contributed by atoms with van der Waals surface area (Å²) in [4.78, 5) is 5.36. The fraction of sp³-hybridized carbons (Fsp3) is 0.133. The van der Waals surface area contributed by atoms with E-state index in [1.54, 1.807) is 0 Å². The van der Waals surface area contributed by atoms with Crippen molar-refractivity contribution in [1.29, 1.82) is 0 Å². The summed E-state index contributed by atoms with van der Waals surface area (Å²) in [5.74, 6) is 0. The lowest BCUT2D eigenvalue weighted by molar-refractivity contribution is 0.130. The van der Waals surface area contributed by atoms with Crippen molar-refractivity contribution in [1.82, 2.24) is 0 Å². The van der Waals surface area contributed by atoms with Crippen LogP contribution >= 0.6 is 15.9 Å². The first-order valence-corrected chi connectivity index (χ1v) is 6.52. The molecule has 0 aromatic heterocycles. The molecule has 0 aliphatic carbocycles. The quantitative estimate of drug-likeness (QED) is 0.606. The summed E-state index contributed by atoms with van der Waals surface area (Å²) in [5, 5.41) is 4.14. The van der Waals surface area contributed by atoms with E-state index in [4.69, 9.17) is 4.84 Å². The van der Waals surface area contributed by atoms with Gasteiger partial charge in [-0.2, -0.15) is 0 Å². The zero-order chi connectivity index (χ0) is 12.8. The van der Waals surface area contributed by atoms with Gasteiger partial charge in [0.05, 0.1) is 5.71 Å². The van der Waals surface area contributed by atoms with Crippen molar-refractivity contribution < 1.29 is 4.84 Å². The van der Waals surface area contributed by atoms with Gasteiger partial charge in [0, 0.05) is 10.0 Å². The third-order valence-corrected chi connectivity index (χ3v) is 3.23. The largest absolute Gasteiger partial charge is 0.391 e. The van der Waals surface area contributed by atoms with Gasteiger partial charge in [-0.3, -0.25) is 0 Å². The van der Waals surface area contributed by atoms with Gasteiger partial charge >= 0.3 is 0 Å². The first-order valence-electron chi connectivity index (χ1n) is 5.73.